The summed E-state index contributed by atoms with van der Waals surface area (Å²) >= 11 is 0. The lowest BCUT2D eigenvalue weighted by Crippen LogP contribution is -2.49. The highest BCUT2D eigenvalue weighted by Crippen LogP contribution is 2.26. The number of carbonyl (C=O) groups is 1. The number of methoxy groups -OCH3 is 1. The average molecular weight is 370 g/mol. The number of benzene rings is 2. The number of carbonyl (C=O) groups excluding carboxylic acids is 1. The maximum absolute atomic E-state index is 14.3. The van der Waals surface area contributed by atoms with Gasteiger partial charge >= 0.3 is 0 Å². The fourth-order valence-corrected chi connectivity index (χ4v) is 3.71. The van der Waals surface area contributed by atoms with Crippen molar-refractivity contribution in [3.63, 3.8) is 0 Å². The van der Waals surface area contributed by atoms with E-state index in [-0.39, 0.29) is 24.4 Å². The van der Waals surface area contributed by atoms with Gasteiger partial charge in [0.1, 0.15) is 12.4 Å². The van der Waals surface area contributed by atoms with Crippen LogP contribution in [0.4, 0.5) is 10.1 Å². The van der Waals surface area contributed by atoms with Crippen molar-refractivity contribution in [1.82, 2.24) is 4.90 Å². The molecule has 2 aromatic carbocycles. The lowest BCUT2D eigenvalue weighted by molar-refractivity contribution is -0.122. The first-order valence-electron chi connectivity index (χ1n) is 9.51. The fraction of sp³-hybridized carbons (Fsp3) is 0.409. The normalized spacial score (nSPS) is 15.6. The van der Waals surface area contributed by atoms with Crippen LogP contribution < -0.4 is 4.90 Å². The molecule has 27 heavy (non-hydrogen) atoms. The van der Waals surface area contributed by atoms with E-state index in [1.165, 1.54) is 18.7 Å². The van der Waals surface area contributed by atoms with Gasteiger partial charge < -0.3 is 14.5 Å². The molecule has 144 valence electrons. The average Bonchev–Trinajstić information content (AvgIpc) is 2.70. The van der Waals surface area contributed by atoms with Crippen molar-refractivity contribution in [3.8, 4) is 0 Å². The van der Waals surface area contributed by atoms with Crippen molar-refractivity contribution >= 4 is 11.6 Å². The summed E-state index contributed by atoms with van der Waals surface area (Å²) in [5, 5.41) is 0. The summed E-state index contributed by atoms with van der Waals surface area (Å²) in [5.74, 6) is -0.557. The smallest absolute Gasteiger partial charge is 0.253 e. The molecule has 2 aromatic rings. The van der Waals surface area contributed by atoms with Gasteiger partial charge in [-0.3, -0.25) is 4.79 Å². The zero-order valence-corrected chi connectivity index (χ0v) is 15.8. The second-order valence-electron chi connectivity index (χ2n) is 6.96. The summed E-state index contributed by atoms with van der Waals surface area (Å²) in [6.07, 6.45) is 2.68. The maximum Gasteiger partial charge on any atom is 0.253 e. The van der Waals surface area contributed by atoms with Crippen molar-refractivity contribution in [2.75, 3.05) is 38.3 Å². The maximum atomic E-state index is 14.3. The van der Waals surface area contributed by atoms with Gasteiger partial charge in [-0.25, -0.2) is 4.39 Å². The van der Waals surface area contributed by atoms with E-state index in [1.54, 1.807) is 23.1 Å². The first-order chi connectivity index (χ1) is 13.2. The predicted molar refractivity (Wildman–Crippen MR) is 105 cm³/mol. The molecule has 0 aliphatic carbocycles. The minimum Gasteiger partial charge on any atom is -0.375 e. The van der Waals surface area contributed by atoms with Crippen LogP contribution in [-0.2, 0) is 16.0 Å². The van der Waals surface area contributed by atoms with Gasteiger partial charge in [0.2, 0.25) is 0 Å². The van der Waals surface area contributed by atoms with Gasteiger partial charge in [-0.1, -0.05) is 42.5 Å². The van der Waals surface area contributed by atoms with Crippen LogP contribution in [0, 0.1) is 5.82 Å². The van der Waals surface area contributed by atoms with E-state index in [2.05, 4.69) is 29.2 Å². The van der Waals surface area contributed by atoms with Crippen molar-refractivity contribution in [1.29, 1.82) is 0 Å². The van der Waals surface area contributed by atoms with Gasteiger partial charge in [-0.15, -0.1) is 0 Å². The summed E-state index contributed by atoms with van der Waals surface area (Å²) in [5.41, 5.74) is 1.69. The zero-order valence-electron chi connectivity index (χ0n) is 15.8. The number of anilines is 1. The van der Waals surface area contributed by atoms with E-state index >= 15 is 0 Å². The molecule has 1 aliphatic heterocycles. The van der Waals surface area contributed by atoms with Gasteiger partial charge in [0, 0.05) is 32.8 Å². The largest absolute Gasteiger partial charge is 0.375 e. The molecule has 3 rings (SSSR count). The first-order valence-corrected chi connectivity index (χ1v) is 9.51. The lowest BCUT2D eigenvalue weighted by Gasteiger charge is -2.38. The highest BCUT2D eigenvalue weighted by molar-refractivity contribution is 5.95. The minimum atomic E-state index is -0.367. The highest BCUT2D eigenvalue weighted by atomic mass is 19.1. The number of nitrogens with zero attached hydrogens (tertiary/aromatic N) is 2. The third-order valence-electron chi connectivity index (χ3n) is 5.13. The van der Waals surface area contributed by atoms with Crippen LogP contribution in [0.5, 0.6) is 0 Å². The van der Waals surface area contributed by atoms with Crippen LogP contribution in [0.2, 0.25) is 0 Å². The Morgan fingerprint density at radius 3 is 2.44 bits per heavy atom. The van der Waals surface area contributed by atoms with Crippen LogP contribution in [0.25, 0.3) is 0 Å². The fourth-order valence-electron chi connectivity index (χ4n) is 3.71. The van der Waals surface area contributed by atoms with E-state index in [9.17, 15) is 9.18 Å². The molecular formula is C22H27FN2O2. The lowest BCUT2D eigenvalue weighted by atomic mass is 10.0. The van der Waals surface area contributed by atoms with Gasteiger partial charge in [0.25, 0.3) is 5.91 Å². The number of halogens is 1. The molecule has 0 N–H and O–H groups in total. The Bertz CT molecular complexity index is 730. The van der Waals surface area contributed by atoms with Crippen molar-refractivity contribution < 1.29 is 13.9 Å². The van der Waals surface area contributed by atoms with E-state index < -0.39 is 0 Å². The second kappa shape index (κ2) is 9.62. The van der Waals surface area contributed by atoms with E-state index in [0.29, 0.717) is 5.69 Å². The molecule has 0 spiro atoms. The van der Waals surface area contributed by atoms with Crippen LogP contribution in [0.15, 0.2) is 54.6 Å². The Hall–Kier alpha value is -2.24. The third kappa shape index (κ3) is 5.15. The molecular weight excluding hydrogens is 343 g/mol. The molecule has 1 heterocycles. The minimum absolute atomic E-state index is 0.00229. The number of ether oxygens (including phenoxy) is 1. The van der Waals surface area contributed by atoms with Crippen molar-refractivity contribution in [3.05, 3.63) is 66.0 Å². The molecule has 0 aromatic heterocycles. The van der Waals surface area contributed by atoms with Crippen LogP contribution >= 0.6 is 0 Å². The topological polar surface area (TPSA) is 32.8 Å². The summed E-state index contributed by atoms with van der Waals surface area (Å²) < 4.78 is 19.4. The molecule has 1 aliphatic rings. The molecule has 0 bridgehead atoms. The molecule has 1 saturated heterocycles. The summed E-state index contributed by atoms with van der Waals surface area (Å²) in [6, 6.07) is 16.9. The van der Waals surface area contributed by atoms with Gasteiger partial charge in [-0.2, -0.15) is 0 Å². The second-order valence-corrected chi connectivity index (χ2v) is 6.96. The number of amides is 1. The van der Waals surface area contributed by atoms with E-state index in [4.69, 9.17) is 4.74 Å². The molecule has 5 heteroatoms. The standard InChI is InChI=1S/C22H27FN2O2/c1-27-17-22(26)25(21-10-6-5-9-20(21)23)19-12-15-24(16-13-19)14-11-18-7-3-2-4-8-18/h2-10,19H,11-17H2,1H3. The summed E-state index contributed by atoms with van der Waals surface area (Å²) in [7, 11) is 1.49. The van der Waals surface area contributed by atoms with Gasteiger partial charge in [0.05, 0.1) is 5.69 Å². The molecule has 0 unspecified atom stereocenters. The number of rotatable bonds is 7. The zero-order chi connectivity index (χ0) is 19.1. The number of para-hydroxylation sites is 1. The molecule has 1 amide bonds. The highest BCUT2D eigenvalue weighted by Gasteiger charge is 2.30. The number of hydrogen-bond donors (Lipinski definition) is 0. The first kappa shape index (κ1) is 19.5. The molecule has 1 fully saturated rings. The monoisotopic (exact) mass is 370 g/mol. The van der Waals surface area contributed by atoms with E-state index in [0.717, 1.165) is 38.9 Å². The third-order valence-corrected chi connectivity index (χ3v) is 5.13. The van der Waals surface area contributed by atoms with Crippen molar-refractivity contribution in [2.45, 2.75) is 25.3 Å². The SMILES string of the molecule is COCC(=O)N(c1ccccc1F)C1CCN(CCc2ccccc2)CC1. The van der Waals surface area contributed by atoms with Crippen LogP contribution in [0.3, 0.4) is 0 Å². The van der Waals surface area contributed by atoms with Gasteiger partial charge in [0.15, 0.2) is 0 Å². The van der Waals surface area contributed by atoms with E-state index in [1.807, 2.05) is 6.07 Å². The number of hydrogen-bond acceptors (Lipinski definition) is 3. The Labute approximate surface area is 160 Å². The predicted octanol–water partition coefficient (Wildman–Crippen LogP) is 3.51. The molecule has 0 radical (unpaired) electrons. The molecule has 4 nitrogen and oxygen atoms in total. The molecule has 0 saturated carbocycles. The van der Waals surface area contributed by atoms with Crippen LogP contribution in [0.1, 0.15) is 18.4 Å². The van der Waals surface area contributed by atoms with Gasteiger partial charge in [-0.05, 0) is 37.0 Å². The Morgan fingerprint density at radius 1 is 1.11 bits per heavy atom. The number of piperidine rings is 1. The molecule has 0 atom stereocenters. The van der Waals surface area contributed by atoms with Crippen molar-refractivity contribution in [2.24, 2.45) is 0 Å². The van der Waals surface area contributed by atoms with Crippen LogP contribution in [-0.4, -0.2) is 50.2 Å². The quantitative estimate of drug-likeness (QED) is 0.748. The Balaban J connectivity index is 1.62. The summed E-state index contributed by atoms with van der Waals surface area (Å²) in [4.78, 5) is 16.6. The summed E-state index contributed by atoms with van der Waals surface area (Å²) in [6.45, 7) is 2.77. The Morgan fingerprint density at radius 2 is 1.78 bits per heavy atom. The Kier molecular flexibility index (Phi) is 6.96. The number of likely N-dealkylation sites (tertiary alicyclic amines) is 1.